The first-order valence-electron chi connectivity index (χ1n) is 10.1. The highest BCUT2D eigenvalue weighted by Crippen LogP contribution is 2.22. The van der Waals surface area contributed by atoms with Crippen LogP contribution in [-0.2, 0) is 16.1 Å². The summed E-state index contributed by atoms with van der Waals surface area (Å²) in [4.78, 5) is 30.7. The highest BCUT2D eigenvalue weighted by molar-refractivity contribution is 5.79. The molecule has 6 nitrogen and oxygen atoms in total. The molecule has 0 radical (unpaired) electrons. The predicted octanol–water partition coefficient (Wildman–Crippen LogP) is 2.51. The highest BCUT2D eigenvalue weighted by Gasteiger charge is 2.31. The van der Waals surface area contributed by atoms with Gasteiger partial charge >= 0.3 is 6.09 Å². The number of piperidine rings is 1. The third-order valence-electron chi connectivity index (χ3n) is 5.71. The lowest BCUT2D eigenvalue weighted by molar-refractivity contribution is -0.138. The average Bonchev–Trinajstić information content (AvgIpc) is 2.70. The van der Waals surface area contributed by atoms with Crippen LogP contribution in [-0.4, -0.2) is 72.6 Å². The molecular weight excluding hydrogens is 342 g/mol. The average molecular weight is 373 g/mol. The molecule has 0 spiro atoms. The number of carbonyl (C=O) groups excluding carboxylic acids is 2. The fourth-order valence-electron chi connectivity index (χ4n) is 3.95. The first-order valence-corrected chi connectivity index (χ1v) is 10.1. The van der Waals surface area contributed by atoms with Crippen molar-refractivity contribution < 1.29 is 14.3 Å². The maximum atomic E-state index is 12.8. The number of piperazine rings is 1. The first-order chi connectivity index (χ1) is 13.1. The number of aryl methyl sites for hydroxylation is 1. The number of hydrogen-bond acceptors (Lipinski definition) is 4. The van der Waals surface area contributed by atoms with Crippen LogP contribution in [0.3, 0.4) is 0 Å². The molecule has 6 heteroatoms. The van der Waals surface area contributed by atoms with E-state index in [-0.39, 0.29) is 17.9 Å². The third kappa shape index (κ3) is 5.01. The van der Waals surface area contributed by atoms with E-state index >= 15 is 0 Å². The maximum absolute atomic E-state index is 12.8. The second-order valence-corrected chi connectivity index (χ2v) is 7.49. The Kier molecular flexibility index (Phi) is 6.72. The lowest BCUT2D eigenvalue weighted by atomic mass is 9.94. The summed E-state index contributed by atoms with van der Waals surface area (Å²) < 4.78 is 5.04. The lowest BCUT2D eigenvalue weighted by Gasteiger charge is -2.38. The van der Waals surface area contributed by atoms with Crippen molar-refractivity contribution in [1.29, 1.82) is 0 Å². The van der Waals surface area contributed by atoms with Gasteiger partial charge in [0.1, 0.15) is 0 Å². The number of rotatable bonds is 4. The van der Waals surface area contributed by atoms with Gasteiger partial charge in [0.2, 0.25) is 5.91 Å². The second-order valence-electron chi connectivity index (χ2n) is 7.49. The quantitative estimate of drug-likeness (QED) is 0.814. The fourth-order valence-corrected chi connectivity index (χ4v) is 3.95. The van der Waals surface area contributed by atoms with E-state index in [9.17, 15) is 9.59 Å². The molecule has 0 atom stereocenters. The largest absolute Gasteiger partial charge is 0.450 e. The van der Waals surface area contributed by atoms with Crippen LogP contribution >= 0.6 is 0 Å². The smallest absolute Gasteiger partial charge is 0.409 e. The Bertz CT molecular complexity index is 648. The Labute approximate surface area is 162 Å². The molecule has 2 aliphatic rings. The summed E-state index contributed by atoms with van der Waals surface area (Å²) in [6, 6.07) is 8.51. The molecule has 1 aromatic carbocycles. The van der Waals surface area contributed by atoms with E-state index in [4.69, 9.17) is 4.74 Å². The summed E-state index contributed by atoms with van der Waals surface area (Å²) in [6.45, 7) is 9.60. The number of amides is 2. The van der Waals surface area contributed by atoms with Gasteiger partial charge in [-0.3, -0.25) is 9.69 Å². The zero-order valence-electron chi connectivity index (χ0n) is 16.5. The molecule has 0 aliphatic carbocycles. The highest BCUT2D eigenvalue weighted by atomic mass is 16.6. The molecule has 27 heavy (non-hydrogen) atoms. The van der Waals surface area contributed by atoms with Gasteiger partial charge in [0.15, 0.2) is 0 Å². The van der Waals surface area contributed by atoms with Crippen LogP contribution in [0.15, 0.2) is 24.3 Å². The van der Waals surface area contributed by atoms with Crippen LogP contribution in [0.1, 0.15) is 30.9 Å². The second kappa shape index (κ2) is 9.22. The van der Waals surface area contributed by atoms with Gasteiger partial charge in [-0.15, -0.1) is 0 Å². The number of ether oxygens (including phenoxy) is 1. The summed E-state index contributed by atoms with van der Waals surface area (Å²) in [7, 11) is 0. The van der Waals surface area contributed by atoms with Gasteiger partial charge < -0.3 is 14.5 Å². The Hall–Kier alpha value is -2.08. The topological polar surface area (TPSA) is 53.1 Å². The van der Waals surface area contributed by atoms with Gasteiger partial charge in [0.05, 0.1) is 6.61 Å². The number of likely N-dealkylation sites (tertiary alicyclic amines) is 1. The first kappa shape index (κ1) is 19.7. The lowest BCUT2D eigenvalue weighted by Crippen LogP contribution is -2.53. The zero-order chi connectivity index (χ0) is 19.2. The molecule has 0 aromatic heterocycles. The summed E-state index contributed by atoms with van der Waals surface area (Å²) in [5.41, 5.74) is 2.70. The molecule has 0 N–H and O–H groups in total. The number of nitrogens with zero attached hydrogens (tertiary/aromatic N) is 3. The van der Waals surface area contributed by atoms with Crippen molar-refractivity contribution in [2.24, 2.45) is 5.92 Å². The molecule has 2 saturated heterocycles. The van der Waals surface area contributed by atoms with Crippen LogP contribution in [0.2, 0.25) is 0 Å². The van der Waals surface area contributed by atoms with E-state index in [2.05, 4.69) is 36.1 Å². The van der Waals surface area contributed by atoms with E-state index in [1.807, 2.05) is 11.8 Å². The van der Waals surface area contributed by atoms with Crippen LogP contribution in [0.25, 0.3) is 0 Å². The fraction of sp³-hybridized carbons (Fsp3) is 0.619. The van der Waals surface area contributed by atoms with Gasteiger partial charge in [-0.1, -0.05) is 24.3 Å². The summed E-state index contributed by atoms with van der Waals surface area (Å²) in [6.07, 6.45) is 1.57. The maximum Gasteiger partial charge on any atom is 0.409 e. The molecule has 0 bridgehead atoms. The van der Waals surface area contributed by atoms with Crippen LogP contribution in [0.4, 0.5) is 4.79 Å². The molecule has 148 valence electrons. The third-order valence-corrected chi connectivity index (χ3v) is 5.71. The van der Waals surface area contributed by atoms with Gasteiger partial charge in [-0.2, -0.15) is 0 Å². The molecule has 2 aliphatic heterocycles. The summed E-state index contributed by atoms with van der Waals surface area (Å²) in [5.74, 6) is 0.376. The molecule has 1 aromatic rings. The van der Waals surface area contributed by atoms with Gasteiger partial charge in [0.25, 0.3) is 0 Å². The van der Waals surface area contributed by atoms with E-state index in [1.165, 1.54) is 11.1 Å². The van der Waals surface area contributed by atoms with Gasteiger partial charge in [-0.25, -0.2) is 4.79 Å². The number of carbonyl (C=O) groups is 2. The predicted molar refractivity (Wildman–Crippen MR) is 104 cm³/mol. The normalized spacial score (nSPS) is 19.2. The molecule has 2 fully saturated rings. The van der Waals surface area contributed by atoms with Crippen molar-refractivity contribution in [2.75, 3.05) is 45.9 Å². The number of hydrogen-bond donors (Lipinski definition) is 0. The summed E-state index contributed by atoms with van der Waals surface area (Å²) in [5, 5.41) is 0. The number of benzene rings is 1. The van der Waals surface area contributed by atoms with Crippen molar-refractivity contribution in [3.05, 3.63) is 35.4 Å². The standard InChI is InChI=1S/C21H31N3O3/c1-3-27-21(26)24-14-12-23(13-15-24)20(25)18-8-10-22(11-9-18)16-19-7-5-4-6-17(19)2/h4-7,18H,3,8-16H2,1-2H3. The van der Waals surface area contributed by atoms with Crippen LogP contribution < -0.4 is 0 Å². The molecule has 2 heterocycles. The molecule has 2 amide bonds. The monoisotopic (exact) mass is 373 g/mol. The zero-order valence-corrected chi connectivity index (χ0v) is 16.5. The van der Waals surface area contributed by atoms with E-state index in [1.54, 1.807) is 4.90 Å². The Morgan fingerprint density at radius 3 is 2.26 bits per heavy atom. The van der Waals surface area contributed by atoms with E-state index < -0.39 is 0 Å². The molecular formula is C21H31N3O3. The van der Waals surface area contributed by atoms with Crippen molar-refractivity contribution >= 4 is 12.0 Å². The minimum atomic E-state index is -0.269. The minimum absolute atomic E-state index is 0.118. The Morgan fingerprint density at radius 2 is 1.63 bits per heavy atom. The Morgan fingerprint density at radius 1 is 1.00 bits per heavy atom. The minimum Gasteiger partial charge on any atom is -0.450 e. The van der Waals surface area contributed by atoms with E-state index in [0.717, 1.165) is 32.5 Å². The summed E-state index contributed by atoms with van der Waals surface area (Å²) >= 11 is 0. The molecule has 3 rings (SSSR count). The van der Waals surface area contributed by atoms with Crippen molar-refractivity contribution in [3.63, 3.8) is 0 Å². The van der Waals surface area contributed by atoms with Gasteiger partial charge in [0, 0.05) is 38.6 Å². The Balaban J connectivity index is 1.44. The van der Waals surface area contributed by atoms with Gasteiger partial charge in [-0.05, 0) is 50.9 Å². The molecule has 0 saturated carbocycles. The van der Waals surface area contributed by atoms with Crippen molar-refractivity contribution in [3.8, 4) is 0 Å². The van der Waals surface area contributed by atoms with Crippen molar-refractivity contribution in [1.82, 2.24) is 14.7 Å². The van der Waals surface area contributed by atoms with Crippen LogP contribution in [0.5, 0.6) is 0 Å². The van der Waals surface area contributed by atoms with Crippen LogP contribution in [0, 0.1) is 12.8 Å². The van der Waals surface area contributed by atoms with Crippen molar-refractivity contribution in [2.45, 2.75) is 33.2 Å². The SMILES string of the molecule is CCOC(=O)N1CCN(C(=O)C2CCN(Cc3ccccc3C)CC2)CC1. The molecule has 0 unspecified atom stereocenters. The van der Waals surface area contributed by atoms with E-state index in [0.29, 0.717) is 32.8 Å².